The SMILES string of the molecule is N=C(N)CNC(=O)c1cc(NC(=O)C2C=CC(C(=O)Nc3cc(C(=O)NCC(=N)N)n(CC4CC4)c3)S2)cn1CC1CC1. The van der Waals surface area contributed by atoms with Crippen molar-refractivity contribution < 1.29 is 19.2 Å². The Morgan fingerprint density at radius 3 is 1.49 bits per heavy atom. The van der Waals surface area contributed by atoms with E-state index in [1.807, 2.05) is 0 Å². The highest BCUT2D eigenvalue weighted by Gasteiger charge is 2.32. The maximum Gasteiger partial charge on any atom is 0.268 e. The number of carbonyl (C=O) groups is 4. The first-order valence-electron chi connectivity index (χ1n) is 14.1. The van der Waals surface area contributed by atoms with E-state index in [1.54, 1.807) is 45.8 Å². The van der Waals surface area contributed by atoms with Crippen LogP contribution in [0.25, 0.3) is 0 Å². The third-order valence-corrected chi connectivity index (χ3v) is 8.58. The van der Waals surface area contributed by atoms with Gasteiger partial charge in [-0.1, -0.05) is 12.2 Å². The molecule has 0 spiro atoms. The summed E-state index contributed by atoms with van der Waals surface area (Å²) in [4.78, 5) is 51.5. The topological polar surface area (TPSA) is 226 Å². The number of anilines is 2. The first-order chi connectivity index (χ1) is 20.5. The van der Waals surface area contributed by atoms with E-state index >= 15 is 0 Å². The van der Waals surface area contributed by atoms with E-state index in [0.717, 1.165) is 25.7 Å². The van der Waals surface area contributed by atoms with Gasteiger partial charge in [-0.15, -0.1) is 11.8 Å². The molecule has 2 aromatic rings. The first-order valence-corrected chi connectivity index (χ1v) is 15.1. The van der Waals surface area contributed by atoms with Crippen molar-refractivity contribution in [3.63, 3.8) is 0 Å². The standard InChI is InChI=1S/C28H36N10O4S/c29-23(30)9-33-25(39)19-7-17(13-37(19)11-15-1-2-15)35-27(41)21-5-6-22(43-21)28(42)36-18-8-20(26(40)34-10-24(31)32)38(14-18)12-16-3-4-16/h5-8,13-16,21-22H,1-4,9-12H2,(H3,29,30)(H3,31,32)(H,33,39)(H,34,40)(H,35,41)(H,36,42). The number of amidine groups is 2. The second kappa shape index (κ2) is 12.8. The van der Waals surface area contributed by atoms with Crippen LogP contribution < -0.4 is 32.7 Å². The summed E-state index contributed by atoms with van der Waals surface area (Å²) >= 11 is 1.18. The van der Waals surface area contributed by atoms with Gasteiger partial charge in [0.25, 0.3) is 11.8 Å². The minimum Gasteiger partial charge on any atom is -0.386 e. The number of nitrogens with two attached hydrogens (primary N) is 2. The molecule has 10 N–H and O–H groups in total. The molecule has 0 radical (unpaired) electrons. The average molecular weight is 609 g/mol. The minimum atomic E-state index is -0.620. The molecule has 2 aromatic heterocycles. The first kappa shape index (κ1) is 29.9. The Morgan fingerprint density at radius 2 is 1.14 bits per heavy atom. The zero-order chi connectivity index (χ0) is 30.7. The molecule has 43 heavy (non-hydrogen) atoms. The van der Waals surface area contributed by atoms with Crippen LogP contribution in [-0.4, -0.2) is 68.0 Å². The van der Waals surface area contributed by atoms with E-state index in [2.05, 4.69) is 21.3 Å². The lowest BCUT2D eigenvalue weighted by Gasteiger charge is -2.12. The summed E-state index contributed by atoms with van der Waals surface area (Å²) in [6.07, 6.45) is 11.1. The molecule has 2 atom stereocenters. The number of rotatable bonds is 14. The van der Waals surface area contributed by atoms with Gasteiger partial charge >= 0.3 is 0 Å². The van der Waals surface area contributed by atoms with Crippen molar-refractivity contribution in [1.82, 2.24) is 19.8 Å². The second-order valence-corrected chi connectivity index (χ2v) is 12.5. The van der Waals surface area contributed by atoms with Gasteiger partial charge in [0, 0.05) is 25.5 Å². The Hall–Kier alpha value is -4.53. The Labute approximate surface area is 252 Å². The molecular weight excluding hydrogens is 572 g/mol. The van der Waals surface area contributed by atoms with Gasteiger partial charge in [0.05, 0.1) is 24.5 Å². The number of hydrogen-bond donors (Lipinski definition) is 8. The van der Waals surface area contributed by atoms with Crippen LogP contribution in [0.2, 0.25) is 0 Å². The molecule has 2 fully saturated rings. The fourth-order valence-corrected chi connectivity index (χ4v) is 5.75. The summed E-state index contributed by atoms with van der Waals surface area (Å²) in [5.74, 6) is -0.748. The van der Waals surface area contributed by atoms with Crippen LogP contribution in [0.3, 0.4) is 0 Å². The number of nitrogens with one attached hydrogen (secondary N) is 6. The summed E-state index contributed by atoms with van der Waals surface area (Å²) in [6, 6.07) is 3.19. The fraction of sp³-hybridized carbons (Fsp3) is 0.429. The summed E-state index contributed by atoms with van der Waals surface area (Å²) in [7, 11) is 0. The molecule has 3 aliphatic rings. The van der Waals surface area contributed by atoms with Crippen molar-refractivity contribution in [2.75, 3.05) is 23.7 Å². The molecule has 2 saturated carbocycles. The van der Waals surface area contributed by atoms with Gasteiger partial charge < -0.3 is 41.9 Å². The number of nitrogens with zero attached hydrogens (tertiary/aromatic N) is 2. The van der Waals surface area contributed by atoms with E-state index in [-0.39, 0.29) is 48.4 Å². The third-order valence-electron chi connectivity index (χ3n) is 7.25. The molecular formula is C28H36N10O4S. The largest absolute Gasteiger partial charge is 0.386 e. The number of aromatic nitrogens is 2. The van der Waals surface area contributed by atoms with E-state index in [9.17, 15) is 19.2 Å². The van der Waals surface area contributed by atoms with Crippen LogP contribution in [0.1, 0.15) is 46.7 Å². The molecule has 4 amide bonds. The van der Waals surface area contributed by atoms with Gasteiger partial charge in [-0.2, -0.15) is 0 Å². The summed E-state index contributed by atoms with van der Waals surface area (Å²) < 4.78 is 3.61. The molecule has 15 heteroatoms. The van der Waals surface area contributed by atoms with Crippen LogP contribution in [0.5, 0.6) is 0 Å². The van der Waals surface area contributed by atoms with Crippen molar-refractivity contribution in [2.24, 2.45) is 23.3 Å². The number of hydrogen-bond acceptors (Lipinski definition) is 7. The van der Waals surface area contributed by atoms with Crippen LogP contribution >= 0.6 is 11.8 Å². The molecule has 1 aliphatic heterocycles. The van der Waals surface area contributed by atoms with Gasteiger partial charge in [-0.25, -0.2) is 0 Å². The fourth-order valence-electron chi connectivity index (χ4n) is 4.71. The lowest BCUT2D eigenvalue weighted by molar-refractivity contribution is -0.115. The molecule has 2 unspecified atom stereocenters. The third kappa shape index (κ3) is 8.06. The van der Waals surface area contributed by atoms with Crippen molar-refractivity contribution in [1.29, 1.82) is 10.8 Å². The normalized spacial score (nSPS) is 19.1. The smallest absolute Gasteiger partial charge is 0.268 e. The van der Waals surface area contributed by atoms with E-state index in [1.165, 1.54) is 11.8 Å². The van der Waals surface area contributed by atoms with Crippen molar-refractivity contribution >= 4 is 58.4 Å². The summed E-state index contributed by atoms with van der Waals surface area (Å²) in [6.45, 7) is 1.17. The highest BCUT2D eigenvalue weighted by atomic mass is 32.2. The highest BCUT2D eigenvalue weighted by Crippen LogP contribution is 2.34. The Bertz CT molecular complexity index is 1380. The van der Waals surface area contributed by atoms with Crippen molar-refractivity contribution in [3.8, 4) is 0 Å². The highest BCUT2D eigenvalue weighted by molar-refractivity contribution is 8.02. The lowest BCUT2D eigenvalue weighted by atomic mass is 10.3. The Balaban J connectivity index is 1.18. The average Bonchev–Trinajstić information content (AvgIpc) is 3.81. The Kier molecular flexibility index (Phi) is 8.89. The molecule has 228 valence electrons. The van der Waals surface area contributed by atoms with Crippen molar-refractivity contribution in [3.05, 3.63) is 48.1 Å². The predicted molar refractivity (Wildman–Crippen MR) is 164 cm³/mol. The van der Waals surface area contributed by atoms with Crippen LogP contribution in [0.4, 0.5) is 11.4 Å². The van der Waals surface area contributed by atoms with Gasteiger partial charge in [-0.05, 0) is 49.7 Å². The quantitative estimate of drug-likeness (QED) is 0.0883. The molecule has 3 heterocycles. The van der Waals surface area contributed by atoms with E-state index in [0.29, 0.717) is 47.7 Å². The Morgan fingerprint density at radius 1 is 0.744 bits per heavy atom. The molecule has 5 rings (SSSR count). The monoisotopic (exact) mass is 608 g/mol. The van der Waals surface area contributed by atoms with Gasteiger partial charge in [0.15, 0.2) is 0 Å². The molecule has 0 aromatic carbocycles. The summed E-state index contributed by atoms with van der Waals surface area (Å²) in [5.41, 5.74) is 12.4. The number of carbonyl (C=O) groups excluding carboxylic acids is 4. The molecule has 2 aliphatic carbocycles. The van der Waals surface area contributed by atoms with Crippen LogP contribution in [0.15, 0.2) is 36.7 Å². The zero-order valence-electron chi connectivity index (χ0n) is 23.5. The lowest BCUT2D eigenvalue weighted by Crippen LogP contribution is -2.34. The minimum absolute atomic E-state index is 0.0677. The maximum atomic E-state index is 13.1. The second-order valence-electron chi connectivity index (χ2n) is 11.2. The summed E-state index contributed by atoms with van der Waals surface area (Å²) in [5, 5.41) is 24.4. The molecule has 0 saturated heterocycles. The van der Waals surface area contributed by atoms with Crippen LogP contribution in [0, 0.1) is 22.7 Å². The van der Waals surface area contributed by atoms with Gasteiger partial charge in [0.1, 0.15) is 33.6 Å². The van der Waals surface area contributed by atoms with E-state index in [4.69, 9.17) is 22.3 Å². The number of amides is 4. The zero-order valence-corrected chi connectivity index (χ0v) is 24.3. The van der Waals surface area contributed by atoms with Crippen molar-refractivity contribution in [2.45, 2.75) is 49.3 Å². The van der Waals surface area contributed by atoms with Gasteiger partial charge in [0.2, 0.25) is 11.8 Å². The van der Waals surface area contributed by atoms with Gasteiger partial charge in [-0.3, -0.25) is 30.0 Å². The van der Waals surface area contributed by atoms with Crippen LogP contribution in [-0.2, 0) is 22.7 Å². The molecule has 14 nitrogen and oxygen atoms in total. The number of thioether (sulfide) groups is 1. The molecule has 0 bridgehead atoms. The maximum absolute atomic E-state index is 13.1. The predicted octanol–water partition coefficient (Wildman–Crippen LogP) is 1.06. The van der Waals surface area contributed by atoms with E-state index < -0.39 is 10.5 Å².